The van der Waals surface area contributed by atoms with E-state index in [1.54, 1.807) is 30.3 Å². The summed E-state index contributed by atoms with van der Waals surface area (Å²) < 4.78 is 18.9. The van der Waals surface area contributed by atoms with Crippen LogP contribution >= 0.6 is 23.4 Å². The quantitative estimate of drug-likeness (QED) is 0.421. The predicted molar refractivity (Wildman–Crippen MR) is 101 cm³/mol. The van der Waals surface area contributed by atoms with Gasteiger partial charge in [0.05, 0.1) is 11.4 Å². The summed E-state index contributed by atoms with van der Waals surface area (Å²) in [6.07, 6.45) is 1.55. The Kier molecular flexibility index (Phi) is 5.62. The van der Waals surface area contributed by atoms with Crippen LogP contribution in [-0.4, -0.2) is 22.0 Å². The van der Waals surface area contributed by atoms with Crippen molar-refractivity contribution in [2.75, 3.05) is 0 Å². The highest BCUT2D eigenvalue weighted by molar-refractivity contribution is 8.18. The van der Waals surface area contributed by atoms with Crippen molar-refractivity contribution in [3.05, 3.63) is 69.3 Å². The van der Waals surface area contributed by atoms with Gasteiger partial charge in [-0.25, -0.2) is 4.39 Å². The molecule has 2 aromatic carbocycles. The van der Waals surface area contributed by atoms with Crippen molar-refractivity contribution in [2.24, 2.45) is 0 Å². The summed E-state index contributed by atoms with van der Waals surface area (Å²) in [7, 11) is 0. The van der Waals surface area contributed by atoms with E-state index in [4.69, 9.17) is 16.3 Å². The summed E-state index contributed by atoms with van der Waals surface area (Å²) in [6, 6.07) is 10.6. The van der Waals surface area contributed by atoms with Crippen molar-refractivity contribution in [3.63, 3.8) is 0 Å². The molecule has 0 aliphatic carbocycles. The molecule has 8 heteroatoms. The van der Waals surface area contributed by atoms with Crippen molar-refractivity contribution in [1.82, 2.24) is 4.90 Å². The van der Waals surface area contributed by atoms with Gasteiger partial charge in [-0.15, -0.1) is 0 Å². The Labute approximate surface area is 163 Å². The third-order valence-electron chi connectivity index (χ3n) is 3.69. The molecule has 0 spiro atoms. The monoisotopic (exact) mass is 405 g/mol. The first-order valence-electron chi connectivity index (χ1n) is 7.82. The van der Waals surface area contributed by atoms with Gasteiger partial charge in [0.15, 0.2) is 0 Å². The minimum Gasteiger partial charge on any atom is -0.427 e. The number of carbonyl (C=O) groups is 3. The smallest absolute Gasteiger partial charge is 0.308 e. The van der Waals surface area contributed by atoms with E-state index in [1.165, 1.54) is 25.1 Å². The van der Waals surface area contributed by atoms with Gasteiger partial charge in [0.2, 0.25) is 0 Å². The topological polar surface area (TPSA) is 63.7 Å². The van der Waals surface area contributed by atoms with Gasteiger partial charge in [-0.05, 0) is 47.7 Å². The van der Waals surface area contributed by atoms with Gasteiger partial charge >= 0.3 is 5.97 Å². The van der Waals surface area contributed by atoms with Crippen LogP contribution in [0.25, 0.3) is 6.08 Å². The molecule has 0 radical (unpaired) electrons. The first kappa shape index (κ1) is 19.1. The summed E-state index contributed by atoms with van der Waals surface area (Å²) in [4.78, 5) is 36.8. The Hall–Kier alpha value is -2.64. The summed E-state index contributed by atoms with van der Waals surface area (Å²) in [5, 5.41) is -0.346. The van der Waals surface area contributed by atoms with Crippen molar-refractivity contribution >= 4 is 46.6 Å². The summed E-state index contributed by atoms with van der Waals surface area (Å²) >= 11 is 6.74. The van der Waals surface area contributed by atoms with Crippen LogP contribution in [0.15, 0.2) is 47.4 Å². The zero-order chi connectivity index (χ0) is 19.6. The lowest BCUT2D eigenvalue weighted by Crippen LogP contribution is -2.28. The molecule has 27 heavy (non-hydrogen) atoms. The Bertz CT molecular complexity index is 938. The van der Waals surface area contributed by atoms with Crippen LogP contribution in [0.5, 0.6) is 5.75 Å². The van der Waals surface area contributed by atoms with Crippen molar-refractivity contribution in [3.8, 4) is 5.75 Å². The van der Waals surface area contributed by atoms with Crippen LogP contribution in [0, 0.1) is 5.82 Å². The number of rotatable bonds is 4. The molecule has 138 valence electrons. The van der Waals surface area contributed by atoms with E-state index in [0.29, 0.717) is 11.3 Å². The molecule has 1 fully saturated rings. The van der Waals surface area contributed by atoms with Gasteiger partial charge in [-0.3, -0.25) is 19.3 Å². The molecule has 1 heterocycles. The number of hydrogen-bond donors (Lipinski definition) is 0. The maximum atomic E-state index is 13.9. The van der Waals surface area contributed by atoms with Gasteiger partial charge in [0.1, 0.15) is 11.6 Å². The normalized spacial score (nSPS) is 15.5. The highest BCUT2D eigenvalue weighted by Crippen LogP contribution is 2.34. The van der Waals surface area contributed by atoms with Gasteiger partial charge in [-0.1, -0.05) is 29.8 Å². The van der Waals surface area contributed by atoms with E-state index in [0.717, 1.165) is 16.7 Å². The number of thioether (sulfide) groups is 1. The maximum Gasteiger partial charge on any atom is 0.308 e. The molecule has 1 aliphatic heterocycles. The summed E-state index contributed by atoms with van der Waals surface area (Å²) in [6.45, 7) is 1.06. The minimum atomic E-state index is -0.577. The molecular formula is C19H13ClFNO4S. The van der Waals surface area contributed by atoms with Gasteiger partial charge in [-0.2, -0.15) is 0 Å². The number of halogens is 2. The average Bonchev–Trinajstić information content (AvgIpc) is 2.86. The van der Waals surface area contributed by atoms with E-state index in [2.05, 4.69) is 0 Å². The van der Waals surface area contributed by atoms with Gasteiger partial charge in [0, 0.05) is 17.5 Å². The van der Waals surface area contributed by atoms with Crippen molar-refractivity contribution < 1.29 is 23.5 Å². The lowest BCUT2D eigenvalue weighted by atomic mass is 10.2. The number of ether oxygens (including phenoxy) is 1. The van der Waals surface area contributed by atoms with E-state index in [9.17, 15) is 18.8 Å². The maximum absolute atomic E-state index is 13.9. The first-order valence-corrected chi connectivity index (χ1v) is 9.01. The molecule has 0 saturated carbocycles. The van der Waals surface area contributed by atoms with Crippen LogP contribution in [0.4, 0.5) is 9.18 Å². The van der Waals surface area contributed by atoms with E-state index in [-0.39, 0.29) is 22.0 Å². The molecule has 2 amide bonds. The molecule has 1 saturated heterocycles. The Balaban J connectivity index is 1.79. The van der Waals surface area contributed by atoms with Crippen LogP contribution in [0.2, 0.25) is 5.02 Å². The van der Waals surface area contributed by atoms with Gasteiger partial charge < -0.3 is 4.74 Å². The fraction of sp³-hybridized carbons (Fsp3) is 0.105. The first-order chi connectivity index (χ1) is 12.8. The molecule has 0 atom stereocenters. The molecule has 1 aliphatic rings. The molecule has 3 rings (SSSR count). The Morgan fingerprint density at radius 2 is 1.93 bits per heavy atom. The van der Waals surface area contributed by atoms with Crippen molar-refractivity contribution in [2.45, 2.75) is 13.5 Å². The Morgan fingerprint density at radius 1 is 1.22 bits per heavy atom. The molecule has 0 aromatic heterocycles. The third kappa shape index (κ3) is 4.37. The minimum absolute atomic E-state index is 0.0912. The second-order valence-corrected chi connectivity index (χ2v) is 7.03. The SMILES string of the molecule is CC(=O)Oc1ccc(/C=C2\SC(=O)N(Cc3c(F)cccc3Cl)C2=O)cc1. The second-order valence-electron chi connectivity index (χ2n) is 5.63. The average molecular weight is 406 g/mol. The predicted octanol–water partition coefficient (Wildman–Crippen LogP) is 4.64. The number of imide groups is 1. The number of esters is 1. The molecule has 0 bridgehead atoms. The number of benzene rings is 2. The standard InChI is InChI=1S/C19H13ClFNO4S/c1-11(23)26-13-7-5-12(6-8-13)9-17-18(24)22(19(25)27-17)10-14-15(20)3-2-4-16(14)21/h2-9H,10H2,1H3/b17-9-. The highest BCUT2D eigenvalue weighted by Gasteiger charge is 2.35. The zero-order valence-electron chi connectivity index (χ0n) is 14.1. The number of amides is 2. The molecule has 2 aromatic rings. The fourth-order valence-corrected chi connectivity index (χ4v) is 3.49. The molecule has 0 N–H and O–H groups in total. The van der Waals surface area contributed by atoms with E-state index >= 15 is 0 Å². The Morgan fingerprint density at radius 3 is 2.56 bits per heavy atom. The largest absolute Gasteiger partial charge is 0.427 e. The third-order valence-corrected chi connectivity index (χ3v) is 4.95. The molecular weight excluding hydrogens is 393 g/mol. The van der Waals surface area contributed by atoms with Crippen LogP contribution in [0.1, 0.15) is 18.1 Å². The molecule has 5 nitrogen and oxygen atoms in total. The van der Waals surface area contributed by atoms with Crippen molar-refractivity contribution in [1.29, 1.82) is 0 Å². The summed E-state index contributed by atoms with van der Waals surface area (Å²) in [5.74, 6) is -1.16. The number of carbonyl (C=O) groups excluding carboxylic acids is 3. The second kappa shape index (κ2) is 7.94. The van der Waals surface area contributed by atoms with Gasteiger partial charge in [0.25, 0.3) is 11.1 Å². The zero-order valence-corrected chi connectivity index (χ0v) is 15.6. The van der Waals surface area contributed by atoms with Crippen LogP contribution < -0.4 is 4.74 Å². The van der Waals surface area contributed by atoms with Crippen LogP contribution in [-0.2, 0) is 16.1 Å². The van der Waals surface area contributed by atoms with E-state index < -0.39 is 22.9 Å². The number of nitrogens with zero attached hydrogens (tertiary/aromatic N) is 1. The molecule has 0 unspecified atom stereocenters. The highest BCUT2D eigenvalue weighted by atomic mass is 35.5. The lowest BCUT2D eigenvalue weighted by Gasteiger charge is -2.14. The van der Waals surface area contributed by atoms with E-state index in [1.807, 2.05) is 0 Å². The lowest BCUT2D eigenvalue weighted by molar-refractivity contribution is -0.131. The van der Waals surface area contributed by atoms with Crippen LogP contribution in [0.3, 0.4) is 0 Å². The fourth-order valence-electron chi connectivity index (χ4n) is 2.43. The summed E-state index contributed by atoms with van der Waals surface area (Å²) in [5.41, 5.74) is 0.744. The number of hydrogen-bond acceptors (Lipinski definition) is 5.